The van der Waals surface area contributed by atoms with Gasteiger partial charge in [0.2, 0.25) is 0 Å². The first kappa shape index (κ1) is 13.1. The number of fused-ring (bicyclic) bond motifs is 1. The highest BCUT2D eigenvalue weighted by Gasteiger charge is 2.11. The van der Waals surface area contributed by atoms with Crippen LogP contribution in [0.5, 0.6) is 11.5 Å². The van der Waals surface area contributed by atoms with Crippen LogP contribution in [0, 0.1) is 0 Å². The van der Waals surface area contributed by atoms with Crippen LogP contribution in [-0.4, -0.2) is 39.6 Å². The van der Waals surface area contributed by atoms with E-state index in [-0.39, 0.29) is 0 Å². The first-order valence-corrected chi connectivity index (χ1v) is 6.14. The maximum Gasteiger partial charge on any atom is 0.161 e. The molecular formula is C13H19NO4. The van der Waals surface area contributed by atoms with Crippen molar-refractivity contribution in [2.24, 2.45) is 5.73 Å². The minimum atomic E-state index is 0.544. The number of benzene rings is 1. The number of ether oxygens (including phenoxy) is 4. The Bertz CT molecular complexity index is 370. The topological polar surface area (TPSA) is 62.9 Å². The van der Waals surface area contributed by atoms with Gasteiger partial charge in [0.25, 0.3) is 0 Å². The first-order valence-electron chi connectivity index (χ1n) is 6.14. The van der Waals surface area contributed by atoms with Crippen LogP contribution in [0.15, 0.2) is 18.2 Å². The molecule has 0 aromatic heterocycles. The lowest BCUT2D eigenvalue weighted by molar-refractivity contribution is 0.0432. The number of nitrogens with two attached hydrogens (primary N) is 1. The Morgan fingerprint density at radius 3 is 2.61 bits per heavy atom. The van der Waals surface area contributed by atoms with Crippen molar-refractivity contribution in [3.63, 3.8) is 0 Å². The van der Waals surface area contributed by atoms with E-state index < -0.39 is 0 Å². The van der Waals surface area contributed by atoms with E-state index in [9.17, 15) is 0 Å². The zero-order chi connectivity index (χ0) is 12.6. The van der Waals surface area contributed by atoms with Crippen LogP contribution in [-0.2, 0) is 16.1 Å². The van der Waals surface area contributed by atoms with E-state index >= 15 is 0 Å². The van der Waals surface area contributed by atoms with Gasteiger partial charge in [-0.2, -0.15) is 0 Å². The molecule has 0 saturated carbocycles. The molecule has 5 heteroatoms. The highest BCUT2D eigenvalue weighted by atomic mass is 16.6. The molecule has 0 amide bonds. The van der Waals surface area contributed by atoms with E-state index in [4.69, 9.17) is 24.7 Å². The summed E-state index contributed by atoms with van der Waals surface area (Å²) >= 11 is 0. The summed E-state index contributed by atoms with van der Waals surface area (Å²) in [5.41, 5.74) is 6.38. The van der Waals surface area contributed by atoms with Gasteiger partial charge in [-0.15, -0.1) is 0 Å². The standard InChI is InChI=1S/C13H19NO4/c14-3-4-15-5-6-16-10-11-1-2-12-13(9-11)18-8-7-17-12/h1-2,9H,3-8,10,14H2. The Labute approximate surface area is 107 Å². The summed E-state index contributed by atoms with van der Waals surface area (Å²) in [4.78, 5) is 0. The van der Waals surface area contributed by atoms with E-state index in [1.807, 2.05) is 18.2 Å². The maximum absolute atomic E-state index is 5.50. The molecule has 0 radical (unpaired) electrons. The summed E-state index contributed by atoms with van der Waals surface area (Å²) in [6, 6.07) is 5.85. The molecule has 0 unspecified atom stereocenters. The van der Waals surface area contributed by atoms with Crippen molar-refractivity contribution in [2.75, 3.05) is 39.6 Å². The van der Waals surface area contributed by atoms with Gasteiger partial charge in [0.15, 0.2) is 11.5 Å². The Hall–Kier alpha value is -1.30. The average Bonchev–Trinajstić information content (AvgIpc) is 2.42. The minimum absolute atomic E-state index is 0.544. The van der Waals surface area contributed by atoms with Gasteiger partial charge < -0.3 is 24.7 Å². The third kappa shape index (κ3) is 3.87. The van der Waals surface area contributed by atoms with Gasteiger partial charge in [-0.3, -0.25) is 0 Å². The number of rotatable bonds is 7. The molecule has 0 aliphatic carbocycles. The fourth-order valence-corrected chi connectivity index (χ4v) is 1.67. The molecule has 1 aliphatic rings. The molecule has 5 nitrogen and oxygen atoms in total. The van der Waals surface area contributed by atoms with E-state index in [1.54, 1.807) is 0 Å². The zero-order valence-corrected chi connectivity index (χ0v) is 10.4. The Morgan fingerprint density at radius 1 is 1.00 bits per heavy atom. The summed E-state index contributed by atoms with van der Waals surface area (Å²) in [5.74, 6) is 1.60. The van der Waals surface area contributed by atoms with Crippen LogP contribution in [0.4, 0.5) is 0 Å². The molecule has 0 bridgehead atoms. The fraction of sp³-hybridized carbons (Fsp3) is 0.538. The Kier molecular flexibility index (Phi) is 5.26. The van der Waals surface area contributed by atoms with Crippen LogP contribution >= 0.6 is 0 Å². The van der Waals surface area contributed by atoms with Crippen LogP contribution in [0.1, 0.15) is 5.56 Å². The SMILES string of the molecule is NCCOCCOCc1ccc2c(c1)OCCO2. The predicted molar refractivity (Wildman–Crippen MR) is 67.0 cm³/mol. The summed E-state index contributed by atoms with van der Waals surface area (Å²) in [7, 11) is 0. The normalized spacial score (nSPS) is 13.6. The van der Waals surface area contributed by atoms with Crippen molar-refractivity contribution in [2.45, 2.75) is 6.61 Å². The lowest BCUT2D eigenvalue weighted by Crippen LogP contribution is -2.15. The smallest absolute Gasteiger partial charge is 0.161 e. The van der Waals surface area contributed by atoms with Crippen LogP contribution < -0.4 is 15.2 Å². The lowest BCUT2D eigenvalue weighted by Gasteiger charge is -2.18. The van der Waals surface area contributed by atoms with Crippen LogP contribution in [0.3, 0.4) is 0 Å². The third-order valence-electron chi connectivity index (χ3n) is 2.51. The van der Waals surface area contributed by atoms with E-state index in [1.165, 1.54) is 0 Å². The third-order valence-corrected chi connectivity index (χ3v) is 2.51. The van der Waals surface area contributed by atoms with Gasteiger partial charge in [-0.1, -0.05) is 6.07 Å². The summed E-state index contributed by atoms with van der Waals surface area (Å²) in [6.07, 6.45) is 0. The van der Waals surface area contributed by atoms with Crippen molar-refractivity contribution in [3.05, 3.63) is 23.8 Å². The summed E-state index contributed by atoms with van der Waals surface area (Å²) < 4.78 is 21.7. The van der Waals surface area contributed by atoms with Crippen molar-refractivity contribution in [1.29, 1.82) is 0 Å². The number of hydrogen-bond donors (Lipinski definition) is 1. The van der Waals surface area contributed by atoms with Gasteiger partial charge in [0, 0.05) is 6.54 Å². The van der Waals surface area contributed by atoms with Gasteiger partial charge >= 0.3 is 0 Å². The molecule has 1 aromatic rings. The van der Waals surface area contributed by atoms with Gasteiger partial charge in [0.05, 0.1) is 26.4 Å². The average molecular weight is 253 g/mol. The second-order valence-electron chi connectivity index (χ2n) is 3.93. The van der Waals surface area contributed by atoms with Gasteiger partial charge in [-0.05, 0) is 17.7 Å². The molecule has 0 saturated heterocycles. The van der Waals surface area contributed by atoms with Crippen molar-refractivity contribution < 1.29 is 18.9 Å². The molecule has 1 aromatic carbocycles. The number of hydrogen-bond acceptors (Lipinski definition) is 5. The largest absolute Gasteiger partial charge is 0.486 e. The molecule has 100 valence electrons. The molecule has 0 atom stereocenters. The van der Waals surface area contributed by atoms with Crippen LogP contribution in [0.25, 0.3) is 0 Å². The first-order chi connectivity index (χ1) is 8.90. The minimum Gasteiger partial charge on any atom is -0.486 e. The van der Waals surface area contributed by atoms with Gasteiger partial charge in [-0.25, -0.2) is 0 Å². The quantitative estimate of drug-likeness (QED) is 0.733. The lowest BCUT2D eigenvalue weighted by atomic mass is 10.2. The highest BCUT2D eigenvalue weighted by molar-refractivity contribution is 5.43. The van der Waals surface area contributed by atoms with Crippen molar-refractivity contribution in [1.82, 2.24) is 0 Å². The van der Waals surface area contributed by atoms with E-state index in [0.29, 0.717) is 46.2 Å². The molecule has 1 heterocycles. The molecule has 2 rings (SSSR count). The second kappa shape index (κ2) is 7.20. The molecule has 1 aliphatic heterocycles. The van der Waals surface area contributed by atoms with E-state index in [2.05, 4.69) is 0 Å². The maximum atomic E-state index is 5.50. The highest BCUT2D eigenvalue weighted by Crippen LogP contribution is 2.30. The molecular weight excluding hydrogens is 234 g/mol. The molecule has 0 spiro atoms. The monoisotopic (exact) mass is 253 g/mol. The van der Waals surface area contributed by atoms with E-state index in [0.717, 1.165) is 17.1 Å². The van der Waals surface area contributed by atoms with Gasteiger partial charge in [0.1, 0.15) is 13.2 Å². The molecule has 2 N–H and O–H groups in total. The summed E-state index contributed by atoms with van der Waals surface area (Å²) in [5, 5.41) is 0. The fourth-order valence-electron chi connectivity index (χ4n) is 1.67. The predicted octanol–water partition coefficient (Wildman–Crippen LogP) is 0.950. The Balaban J connectivity index is 1.72. The van der Waals surface area contributed by atoms with Crippen molar-refractivity contribution >= 4 is 0 Å². The van der Waals surface area contributed by atoms with Crippen LogP contribution in [0.2, 0.25) is 0 Å². The van der Waals surface area contributed by atoms with Crippen molar-refractivity contribution in [3.8, 4) is 11.5 Å². The zero-order valence-electron chi connectivity index (χ0n) is 10.4. The Morgan fingerprint density at radius 2 is 1.78 bits per heavy atom. The molecule has 0 fully saturated rings. The molecule has 18 heavy (non-hydrogen) atoms. The second-order valence-corrected chi connectivity index (χ2v) is 3.93. The summed E-state index contributed by atoms with van der Waals surface area (Å²) in [6.45, 7) is 4.01.